The number of aromatic carboxylic acids is 1. The Kier molecular flexibility index (Phi) is 2.11. The third-order valence-electron chi connectivity index (χ3n) is 1.40. The molecule has 0 saturated carbocycles. The first-order chi connectivity index (χ1) is 5.24. The van der Waals surface area contributed by atoms with Crippen LogP contribution in [0.4, 0.5) is 5.69 Å². The summed E-state index contributed by atoms with van der Waals surface area (Å²) in [5.41, 5.74) is 1.11. The number of carbonyl (C=O) groups is 1. The maximum Gasteiger partial charge on any atom is 0.335 e. The number of benzene rings is 1. The van der Waals surface area contributed by atoms with E-state index in [2.05, 4.69) is 5.32 Å². The molecule has 2 N–H and O–H groups in total. The molecule has 0 aliphatic heterocycles. The van der Waals surface area contributed by atoms with E-state index in [-0.39, 0.29) is 1.43 Å². The second-order valence-corrected chi connectivity index (χ2v) is 2.14. The molecular formula is C8H11NO2. The van der Waals surface area contributed by atoms with Gasteiger partial charge in [0, 0.05) is 14.2 Å². The molecule has 0 aromatic heterocycles. The lowest BCUT2D eigenvalue weighted by Gasteiger charge is -1.99. The average Bonchev–Trinajstić information content (AvgIpc) is 2.05. The molecular weight excluding hydrogens is 142 g/mol. The number of carboxylic acid groups (broad SMARTS) is 1. The van der Waals surface area contributed by atoms with Gasteiger partial charge in [0.2, 0.25) is 0 Å². The summed E-state index contributed by atoms with van der Waals surface area (Å²) in [5, 5.41) is 11.4. The molecule has 1 rings (SSSR count). The third kappa shape index (κ3) is 1.70. The van der Waals surface area contributed by atoms with Gasteiger partial charge in [0.05, 0.1) is 5.56 Å². The summed E-state index contributed by atoms with van der Waals surface area (Å²) < 4.78 is 0. The van der Waals surface area contributed by atoms with Crippen LogP contribution >= 0.6 is 0 Å². The van der Waals surface area contributed by atoms with Gasteiger partial charge < -0.3 is 10.4 Å². The molecule has 0 unspecified atom stereocenters. The van der Waals surface area contributed by atoms with E-state index in [1.165, 1.54) is 0 Å². The number of hydrogen-bond acceptors (Lipinski definition) is 2. The van der Waals surface area contributed by atoms with Crippen LogP contribution in [0.1, 0.15) is 11.8 Å². The molecule has 0 amide bonds. The molecule has 1 aromatic carbocycles. The first-order valence-electron chi connectivity index (χ1n) is 3.25. The van der Waals surface area contributed by atoms with Crippen LogP contribution in [0.15, 0.2) is 24.3 Å². The monoisotopic (exact) mass is 153 g/mol. The van der Waals surface area contributed by atoms with Crippen molar-refractivity contribution in [2.45, 2.75) is 0 Å². The zero-order chi connectivity index (χ0) is 8.27. The zero-order valence-corrected chi connectivity index (χ0v) is 6.16. The molecule has 0 aliphatic carbocycles. The van der Waals surface area contributed by atoms with Gasteiger partial charge in [-0.05, 0) is 18.2 Å². The third-order valence-corrected chi connectivity index (χ3v) is 1.40. The van der Waals surface area contributed by atoms with Crippen molar-refractivity contribution < 1.29 is 11.3 Å². The molecule has 11 heavy (non-hydrogen) atoms. The van der Waals surface area contributed by atoms with Gasteiger partial charge in [-0.15, -0.1) is 0 Å². The minimum atomic E-state index is -0.901. The van der Waals surface area contributed by atoms with Gasteiger partial charge in [0.25, 0.3) is 0 Å². The topological polar surface area (TPSA) is 49.3 Å². The van der Waals surface area contributed by atoms with Crippen molar-refractivity contribution in [2.24, 2.45) is 0 Å². The maximum absolute atomic E-state index is 10.4. The van der Waals surface area contributed by atoms with Gasteiger partial charge >= 0.3 is 5.97 Å². The Morgan fingerprint density at radius 1 is 1.64 bits per heavy atom. The minimum absolute atomic E-state index is 0. The molecule has 0 radical (unpaired) electrons. The van der Waals surface area contributed by atoms with E-state index in [0.717, 1.165) is 5.69 Å². The molecule has 0 heterocycles. The lowest BCUT2D eigenvalue weighted by atomic mass is 10.2. The van der Waals surface area contributed by atoms with Crippen LogP contribution in [0.5, 0.6) is 0 Å². The van der Waals surface area contributed by atoms with Crippen LogP contribution in [0.25, 0.3) is 0 Å². The minimum Gasteiger partial charge on any atom is -0.478 e. The first kappa shape index (κ1) is 7.60. The fraction of sp³-hybridized carbons (Fsp3) is 0.125. The maximum atomic E-state index is 10.4. The predicted molar refractivity (Wildman–Crippen MR) is 45.1 cm³/mol. The van der Waals surface area contributed by atoms with Crippen molar-refractivity contribution in [2.75, 3.05) is 12.4 Å². The highest BCUT2D eigenvalue weighted by Gasteiger charge is 2.00. The van der Waals surface area contributed by atoms with Gasteiger partial charge in [-0.2, -0.15) is 0 Å². The van der Waals surface area contributed by atoms with E-state index < -0.39 is 5.97 Å². The van der Waals surface area contributed by atoms with E-state index in [1.807, 2.05) is 6.07 Å². The summed E-state index contributed by atoms with van der Waals surface area (Å²) in [7, 11) is 1.75. The summed E-state index contributed by atoms with van der Waals surface area (Å²) in [6.45, 7) is 0. The van der Waals surface area contributed by atoms with Crippen molar-refractivity contribution >= 4 is 11.7 Å². The van der Waals surface area contributed by atoms with Crippen molar-refractivity contribution in [1.82, 2.24) is 0 Å². The molecule has 0 spiro atoms. The molecule has 0 atom stereocenters. The van der Waals surface area contributed by atoms with Crippen LogP contribution in [0.3, 0.4) is 0 Å². The molecule has 1 aromatic rings. The second-order valence-electron chi connectivity index (χ2n) is 2.14. The van der Waals surface area contributed by atoms with Crippen molar-refractivity contribution in [3.63, 3.8) is 0 Å². The fourth-order valence-electron chi connectivity index (χ4n) is 0.808. The highest BCUT2D eigenvalue weighted by molar-refractivity contribution is 5.88. The summed E-state index contributed by atoms with van der Waals surface area (Å²) >= 11 is 0. The highest BCUT2D eigenvalue weighted by atomic mass is 16.4. The van der Waals surface area contributed by atoms with Gasteiger partial charge in [-0.3, -0.25) is 0 Å². The van der Waals surface area contributed by atoms with Crippen LogP contribution in [-0.4, -0.2) is 18.1 Å². The summed E-state index contributed by atoms with van der Waals surface area (Å²) in [6, 6.07) is 6.66. The largest absolute Gasteiger partial charge is 0.478 e. The normalized spacial score (nSPS) is 9.18. The molecule has 0 bridgehead atoms. The Balaban J connectivity index is 0.00000121. The zero-order valence-electron chi connectivity index (χ0n) is 6.16. The number of nitrogens with one attached hydrogen (secondary N) is 1. The second kappa shape index (κ2) is 3.05. The molecule has 0 fully saturated rings. The summed E-state index contributed by atoms with van der Waals surface area (Å²) in [6.07, 6.45) is 0. The molecule has 0 saturated heterocycles. The van der Waals surface area contributed by atoms with E-state index in [4.69, 9.17) is 5.11 Å². The number of anilines is 1. The first-order valence-corrected chi connectivity index (χ1v) is 3.25. The van der Waals surface area contributed by atoms with E-state index >= 15 is 0 Å². The fourth-order valence-corrected chi connectivity index (χ4v) is 0.808. The van der Waals surface area contributed by atoms with Crippen LogP contribution in [-0.2, 0) is 0 Å². The average molecular weight is 153 g/mol. The summed E-state index contributed by atoms with van der Waals surface area (Å²) in [5.74, 6) is -0.901. The van der Waals surface area contributed by atoms with Gasteiger partial charge in [-0.1, -0.05) is 6.07 Å². The van der Waals surface area contributed by atoms with E-state index in [0.29, 0.717) is 5.56 Å². The van der Waals surface area contributed by atoms with E-state index in [1.54, 1.807) is 25.2 Å². The Hall–Kier alpha value is -1.51. The number of hydrogen-bond donors (Lipinski definition) is 2. The Labute approximate surface area is 66.2 Å². The van der Waals surface area contributed by atoms with Gasteiger partial charge in [0.1, 0.15) is 0 Å². The number of carboxylic acids is 1. The lowest BCUT2D eigenvalue weighted by Crippen LogP contribution is -1.97. The highest BCUT2D eigenvalue weighted by Crippen LogP contribution is 2.08. The lowest BCUT2D eigenvalue weighted by molar-refractivity contribution is 0.0697. The van der Waals surface area contributed by atoms with Gasteiger partial charge in [-0.25, -0.2) is 4.79 Å². The quantitative estimate of drug-likeness (QED) is 0.679. The van der Waals surface area contributed by atoms with Crippen LogP contribution < -0.4 is 5.32 Å². The molecule has 3 nitrogen and oxygen atoms in total. The number of rotatable bonds is 2. The van der Waals surface area contributed by atoms with Crippen LogP contribution in [0.2, 0.25) is 0 Å². The van der Waals surface area contributed by atoms with Crippen molar-refractivity contribution in [3.8, 4) is 0 Å². The van der Waals surface area contributed by atoms with E-state index in [9.17, 15) is 4.79 Å². The van der Waals surface area contributed by atoms with Crippen molar-refractivity contribution in [1.29, 1.82) is 0 Å². The molecule has 60 valence electrons. The summed E-state index contributed by atoms with van der Waals surface area (Å²) in [4.78, 5) is 10.4. The standard InChI is InChI=1S/C8H9NO2.H2/c1-9-7-4-2-3-6(5-7)8(10)11;/h2-5,9H,1H3,(H,10,11);1H. The van der Waals surface area contributed by atoms with Crippen LogP contribution in [0, 0.1) is 0 Å². The Bertz CT molecular complexity index is 276. The van der Waals surface area contributed by atoms with Gasteiger partial charge in [0.15, 0.2) is 0 Å². The molecule has 3 heteroatoms. The van der Waals surface area contributed by atoms with Crippen molar-refractivity contribution in [3.05, 3.63) is 29.8 Å². The SMILES string of the molecule is CNc1cccc(C(=O)O)c1.[HH]. The predicted octanol–water partition coefficient (Wildman–Crippen LogP) is 1.67. The Morgan fingerprint density at radius 2 is 2.36 bits per heavy atom. The Morgan fingerprint density at radius 3 is 2.91 bits per heavy atom. The smallest absolute Gasteiger partial charge is 0.335 e. The molecule has 0 aliphatic rings.